The molecule has 3 nitrogen and oxygen atoms in total. The van der Waals surface area contributed by atoms with Crippen LogP contribution in [0.5, 0.6) is 0 Å². The van der Waals surface area contributed by atoms with Crippen molar-refractivity contribution in [2.24, 2.45) is 0 Å². The van der Waals surface area contributed by atoms with Gasteiger partial charge in [0, 0.05) is 5.30 Å². The summed E-state index contributed by atoms with van der Waals surface area (Å²) in [5.41, 5.74) is -0.0856. The van der Waals surface area contributed by atoms with E-state index in [1.165, 1.54) is 16.2 Å². The lowest BCUT2D eigenvalue weighted by Gasteiger charge is -2.24. The minimum Gasteiger partial charge on any atom is -0.362 e. The maximum absolute atomic E-state index is 12.6. The molecule has 4 aromatic rings. The fourth-order valence-corrected chi connectivity index (χ4v) is 4.97. The molecule has 0 aliphatic heterocycles. The van der Waals surface area contributed by atoms with E-state index in [4.69, 9.17) is 0 Å². The summed E-state index contributed by atoms with van der Waals surface area (Å²) in [6, 6.07) is 18.6. The highest BCUT2D eigenvalue weighted by Gasteiger charge is 2.26. The van der Waals surface area contributed by atoms with Gasteiger partial charge < -0.3 is 9.38 Å². The van der Waals surface area contributed by atoms with Gasteiger partial charge in [0.1, 0.15) is 14.7 Å². The third-order valence-corrected chi connectivity index (χ3v) is 6.04. The molecular weight excluding hydrogens is 329 g/mol. The van der Waals surface area contributed by atoms with E-state index in [1.807, 2.05) is 39.3 Å². The smallest absolute Gasteiger partial charge is 0.239 e. The normalized spacial score (nSPS) is 13.8. The first kappa shape index (κ1) is 16.4. The van der Waals surface area contributed by atoms with E-state index in [9.17, 15) is 9.69 Å². The van der Waals surface area contributed by atoms with Crippen molar-refractivity contribution in [3.05, 3.63) is 54.6 Å². The molecule has 0 aromatic heterocycles. The lowest BCUT2D eigenvalue weighted by Crippen LogP contribution is -2.39. The van der Waals surface area contributed by atoms with Crippen molar-refractivity contribution < 1.29 is 14.2 Å². The Kier molecular flexibility index (Phi) is 3.77. The number of hydrogen-bond acceptors (Lipinski definition) is 2. The Morgan fingerprint density at radius 1 is 0.880 bits per heavy atom. The Balaban J connectivity index is 1.95. The van der Waals surface area contributed by atoms with Crippen LogP contribution >= 0.6 is 8.15 Å². The minimum absolute atomic E-state index is 0.0856. The van der Waals surface area contributed by atoms with Crippen molar-refractivity contribution >= 4 is 51.3 Å². The number of hydrogen-bond donors (Lipinski definition) is 1. The number of likely N-dealkylation sites (N-methyl/N-ethyl adjacent to an activating group) is 1. The SMILES string of the molecule is C[N+](C)(C)CC(=O)P(O)c1ccc2ccc3cccc4ccc1c2c34. The highest BCUT2D eigenvalue weighted by Crippen LogP contribution is 2.39. The summed E-state index contributed by atoms with van der Waals surface area (Å²) in [5, 5.41) is 7.63. The third kappa shape index (κ3) is 2.79. The molecule has 126 valence electrons. The summed E-state index contributed by atoms with van der Waals surface area (Å²) in [5.74, 6) is 0. The maximum Gasteiger partial charge on any atom is 0.239 e. The minimum atomic E-state index is -1.83. The van der Waals surface area contributed by atoms with E-state index >= 15 is 0 Å². The molecule has 1 unspecified atom stereocenters. The molecule has 0 spiro atoms. The second kappa shape index (κ2) is 5.74. The second-order valence-electron chi connectivity index (χ2n) is 7.59. The van der Waals surface area contributed by atoms with E-state index in [0.29, 0.717) is 11.0 Å². The van der Waals surface area contributed by atoms with Gasteiger partial charge in [0.25, 0.3) is 0 Å². The van der Waals surface area contributed by atoms with Gasteiger partial charge in [-0.05, 0) is 32.3 Å². The average molecular weight is 350 g/mol. The molecule has 25 heavy (non-hydrogen) atoms. The fraction of sp³-hybridized carbons (Fsp3) is 0.190. The lowest BCUT2D eigenvalue weighted by molar-refractivity contribution is -0.861. The Hall–Kier alpha value is -2.06. The summed E-state index contributed by atoms with van der Waals surface area (Å²) in [6.07, 6.45) is 0. The van der Waals surface area contributed by atoms with Crippen LogP contribution in [-0.2, 0) is 4.79 Å². The molecule has 0 aliphatic rings. The number of quaternary nitrogens is 1. The van der Waals surface area contributed by atoms with Gasteiger partial charge >= 0.3 is 0 Å². The zero-order chi connectivity index (χ0) is 17.8. The summed E-state index contributed by atoms with van der Waals surface area (Å²) in [7, 11) is 4.06. The highest BCUT2D eigenvalue weighted by atomic mass is 31.1. The quantitative estimate of drug-likeness (QED) is 0.345. The van der Waals surface area contributed by atoms with Gasteiger partial charge in [-0.3, -0.25) is 4.79 Å². The van der Waals surface area contributed by atoms with Crippen LogP contribution in [0.3, 0.4) is 0 Å². The first-order valence-corrected chi connectivity index (χ1v) is 9.63. The van der Waals surface area contributed by atoms with E-state index < -0.39 is 8.15 Å². The molecule has 0 amide bonds. The van der Waals surface area contributed by atoms with Gasteiger partial charge in [-0.25, -0.2) is 0 Å². The molecule has 4 rings (SSSR count). The Bertz CT molecular complexity index is 1080. The van der Waals surface area contributed by atoms with E-state index in [1.54, 1.807) is 0 Å². The number of carbonyl (C=O) groups excluding carboxylic acids is 1. The van der Waals surface area contributed by atoms with Crippen LogP contribution in [0.1, 0.15) is 0 Å². The summed E-state index contributed by atoms with van der Waals surface area (Å²) < 4.78 is 0.518. The Morgan fingerprint density at radius 3 is 2.08 bits per heavy atom. The number of carbonyl (C=O) groups is 1. The van der Waals surface area contributed by atoms with Crippen molar-refractivity contribution in [2.75, 3.05) is 27.7 Å². The number of nitrogens with zero attached hydrogens (tertiary/aromatic N) is 1. The molecule has 0 bridgehead atoms. The van der Waals surface area contributed by atoms with Gasteiger partial charge in [-0.1, -0.05) is 54.6 Å². The average Bonchev–Trinajstić information content (AvgIpc) is 2.57. The van der Waals surface area contributed by atoms with Crippen LogP contribution in [0.4, 0.5) is 0 Å². The van der Waals surface area contributed by atoms with E-state index in [-0.39, 0.29) is 5.52 Å². The standard InChI is InChI=1S/C21H21NO2P/c1-22(2,3)13-19(23)25(24)18-12-10-16-8-7-14-5-4-6-15-9-11-17(18)21(16)20(14)15/h4-12,24H,13H2,1-3H3/q+1. The van der Waals surface area contributed by atoms with Crippen LogP contribution < -0.4 is 5.30 Å². The van der Waals surface area contributed by atoms with E-state index in [0.717, 1.165) is 21.5 Å². The molecule has 0 aliphatic carbocycles. The Labute approximate surface area is 148 Å². The molecule has 1 N–H and O–H groups in total. The maximum atomic E-state index is 12.6. The van der Waals surface area contributed by atoms with Crippen molar-refractivity contribution in [3.8, 4) is 0 Å². The van der Waals surface area contributed by atoms with Crippen molar-refractivity contribution in [2.45, 2.75) is 0 Å². The topological polar surface area (TPSA) is 37.3 Å². The first-order valence-electron chi connectivity index (χ1n) is 8.34. The molecule has 0 fully saturated rings. The molecule has 4 aromatic carbocycles. The van der Waals surface area contributed by atoms with Crippen LogP contribution in [0.25, 0.3) is 32.3 Å². The van der Waals surface area contributed by atoms with Gasteiger partial charge in [-0.15, -0.1) is 0 Å². The predicted molar refractivity (Wildman–Crippen MR) is 107 cm³/mol. The Morgan fingerprint density at radius 2 is 1.44 bits per heavy atom. The van der Waals surface area contributed by atoms with Crippen LogP contribution in [0.15, 0.2) is 54.6 Å². The van der Waals surface area contributed by atoms with Crippen molar-refractivity contribution in [3.63, 3.8) is 0 Å². The predicted octanol–water partition coefficient (Wildman–Crippen LogP) is 3.83. The van der Waals surface area contributed by atoms with Crippen LogP contribution in [-0.4, -0.2) is 42.6 Å². The highest BCUT2D eigenvalue weighted by molar-refractivity contribution is 7.77. The summed E-state index contributed by atoms with van der Waals surface area (Å²) in [4.78, 5) is 23.4. The van der Waals surface area contributed by atoms with Gasteiger partial charge in [0.05, 0.1) is 21.1 Å². The monoisotopic (exact) mass is 350 g/mol. The van der Waals surface area contributed by atoms with Crippen molar-refractivity contribution in [1.82, 2.24) is 0 Å². The van der Waals surface area contributed by atoms with Gasteiger partial charge in [-0.2, -0.15) is 0 Å². The van der Waals surface area contributed by atoms with Crippen molar-refractivity contribution in [1.29, 1.82) is 0 Å². The molecular formula is C21H21NO2P+. The fourth-order valence-electron chi connectivity index (χ4n) is 3.51. The molecule has 0 saturated carbocycles. The zero-order valence-electron chi connectivity index (χ0n) is 14.7. The van der Waals surface area contributed by atoms with E-state index in [2.05, 4.69) is 36.4 Å². The number of rotatable bonds is 4. The molecule has 0 heterocycles. The van der Waals surface area contributed by atoms with Crippen LogP contribution in [0.2, 0.25) is 0 Å². The van der Waals surface area contributed by atoms with Crippen LogP contribution in [0, 0.1) is 0 Å². The summed E-state index contributed by atoms with van der Waals surface area (Å²) >= 11 is 0. The molecule has 0 radical (unpaired) electrons. The largest absolute Gasteiger partial charge is 0.362 e. The first-order chi connectivity index (χ1) is 11.8. The third-order valence-electron chi connectivity index (χ3n) is 4.58. The number of benzene rings is 4. The zero-order valence-corrected chi connectivity index (χ0v) is 15.5. The lowest BCUT2D eigenvalue weighted by atomic mass is 9.94. The summed E-state index contributed by atoms with van der Waals surface area (Å²) in [6.45, 7) is 0.324. The van der Waals surface area contributed by atoms with Gasteiger partial charge in [0.2, 0.25) is 5.52 Å². The molecule has 0 saturated heterocycles. The molecule has 1 atom stereocenters. The second-order valence-corrected chi connectivity index (χ2v) is 9.20. The molecule has 4 heteroatoms. The van der Waals surface area contributed by atoms with Gasteiger partial charge in [0.15, 0.2) is 0 Å².